The summed E-state index contributed by atoms with van der Waals surface area (Å²) < 4.78 is 11.1. The lowest BCUT2D eigenvalue weighted by Gasteiger charge is -2.32. The third-order valence-corrected chi connectivity index (χ3v) is 2.28. The monoisotopic (exact) mass is 217 g/mol. The van der Waals surface area contributed by atoms with Crippen LogP contribution in [0.15, 0.2) is 12.4 Å². The molecule has 5 nitrogen and oxygen atoms in total. The first-order chi connectivity index (χ1) is 7.61. The Morgan fingerprint density at radius 3 is 2.50 bits per heavy atom. The molecule has 1 aliphatic rings. The molecule has 1 aromatic rings. The molecule has 0 N–H and O–H groups in total. The van der Waals surface area contributed by atoms with Gasteiger partial charge in [0.1, 0.15) is 6.07 Å². The van der Waals surface area contributed by atoms with Crippen LogP contribution in [0.1, 0.15) is 19.5 Å². The Morgan fingerprint density at radius 2 is 2.00 bits per heavy atom. The second-order valence-electron chi connectivity index (χ2n) is 4.56. The molecule has 2 heterocycles. The van der Waals surface area contributed by atoms with E-state index in [-0.39, 0.29) is 5.41 Å². The maximum atomic E-state index is 8.59. The molecule has 0 amide bonds. The molecule has 1 fully saturated rings. The Labute approximate surface area is 94.6 Å². The molecule has 1 aromatic heterocycles. The Bertz CT molecular complexity index is 403. The molecule has 0 bridgehead atoms. The normalized spacial score (nSPS) is 19.2. The van der Waals surface area contributed by atoms with Gasteiger partial charge < -0.3 is 9.31 Å². The quantitative estimate of drug-likeness (QED) is 0.624. The number of hydrogen-bond acceptors (Lipinski definition) is 5. The highest BCUT2D eigenvalue weighted by Gasteiger charge is 2.34. The van der Waals surface area contributed by atoms with Gasteiger partial charge >= 0.3 is 7.12 Å². The fourth-order valence-electron chi connectivity index (χ4n) is 1.38. The topological polar surface area (TPSA) is 68.0 Å². The molecule has 2 rings (SSSR count). The van der Waals surface area contributed by atoms with E-state index < -0.39 is 7.12 Å². The molecule has 0 unspecified atom stereocenters. The van der Waals surface area contributed by atoms with E-state index in [1.54, 1.807) is 0 Å². The van der Waals surface area contributed by atoms with Crippen LogP contribution >= 0.6 is 0 Å². The van der Waals surface area contributed by atoms with E-state index in [0.29, 0.717) is 24.5 Å². The second-order valence-corrected chi connectivity index (χ2v) is 4.56. The van der Waals surface area contributed by atoms with Crippen LogP contribution in [0.4, 0.5) is 0 Å². The molecule has 0 radical (unpaired) electrons. The lowest BCUT2D eigenvalue weighted by Crippen LogP contribution is -2.48. The highest BCUT2D eigenvalue weighted by molar-refractivity contribution is 6.60. The fraction of sp³-hybridized carbons (Fsp3) is 0.500. The number of nitrogens with zero attached hydrogens (tertiary/aromatic N) is 3. The first-order valence-electron chi connectivity index (χ1n) is 5.06. The molecule has 0 saturated carbocycles. The molecule has 0 spiro atoms. The van der Waals surface area contributed by atoms with Gasteiger partial charge in [0.25, 0.3) is 0 Å². The summed E-state index contributed by atoms with van der Waals surface area (Å²) in [6.07, 6.45) is 2.93. The zero-order chi connectivity index (χ0) is 11.6. The molecule has 6 heteroatoms. The minimum absolute atomic E-state index is 0.0382. The molecule has 1 aliphatic heterocycles. The van der Waals surface area contributed by atoms with Crippen LogP contribution < -0.4 is 5.59 Å². The standard InChI is InChI=1S/C10H12BN3O2/c1-10(2)6-15-11(16-7-10)9-5-13-8(3-12)4-14-9/h4-5H,6-7H2,1-2H3. The average molecular weight is 217 g/mol. The molecule has 0 aliphatic carbocycles. The first-order valence-corrected chi connectivity index (χ1v) is 5.06. The van der Waals surface area contributed by atoms with Crippen molar-refractivity contribution in [1.29, 1.82) is 5.26 Å². The highest BCUT2D eigenvalue weighted by Crippen LogP contribution is 2.20. The van der Waals surface area contributed by atoms with Crippen LogP contribution in [0, 0.1) is 16.7 Å². The Morgan fingerprint density at radius 1 is 1.31 bits per heavy atom. The van der Waals surface area contributed by atoms with Gasteiger partial charge in [-0.2, -0.15) is 5.26 Å². The summed E-state index contributed by atoms with van der Waals surface area (Å²) in [6.45, 7) is 5.40. The van der Waals surface area contributed by atoms with Gasteiger partial charge in [-0.25, -0.2) is 4.98 Å². The lowest BCUT2D eigenvalue weighted by atomic mass is 9.80. The van der Waals surface area contributed by atoms with Crippen molar-refractivity contribution in [2.75, 3.05) is 13.2 Å². The predicted molar refractivity (Wildman–Crippen MR) is 57.8 cm³/mol. The molecule has 1 saturated heterocycles. The predicted octanol–water partition coefficient (Wildman–Crippen LogP) is 0.116. The minimum Gasteiger partial charge on any atom is -0.406 e. The van der Waals surface area contributed by atoms with Gasteiger partial charge in [0, 0.05) is 24.8 Å². The van der Waals surface area contributed by atoms with Gasteiger partial charge in [-0.1, -0.05) is 13.8 Å². The number of aromatic nitrogens is 2. The van der Waals surface area contributed by atoms with Crippen molar-refractivity contribution in [2.45, 2.75) is 13.8 Å². The van der Waals surface area contributed by atoms with Crippen LogP contribution in [0.25, 0.3) is 0 Å². The van der Waals surface area contributed by atoms with E-state index in [4.69, 9.17) is 14.6 Å². The van der Waals surface area contributed by atoms with Crippen molar-refractivity contribution in [1.82, 2.24) is 9.97 Å². The maximum Gasteiger partial charge on any atom is 0.515 e. The van der Waals surface area contributed by atoms with Crippen LogP contribution in [0.5, 0.6) is 0 Å². The van der Waals surface area contributed by atoms with Crippen LogP contribution in [0.3, 0.4) is 0 Å². The van der Waals surface area contributed by atoms with E-state index in [1.807, 2.05) is 6.07 Å². The molecular weight excluding hydrogens is 205 g/mol. The van der Waals surface area contributed by atoms with Gasteiger partial charge in [-0.15, -0.1) is 0 Å². The smallest absolute Gasteiger partial charge is 0.406 e. The highest BCUT2D eigenvalue weighted by atomic mass is 16.6. The van der Waals surface area contributed by atoms with E-state index in [1.165, 1.54) is 12.4 Å². The molecule has 82 valence electrons. The summed E-state index contributed by atoms with van der Waals surface area (Å²) in [7, 11) is -0.465. The summed E-state index contributed by atoms with van der Waals surface area (Å²) in [6, 6.07) is 1.91. The molecule has 16 heavy (non-hydrogen) atoms. The fourth-order valence-corrected chi connectivity index (χ4v) is 1.38. The van der Waals surface area contributed by atoms with Gasteiger partial charge in [-0.3, -0.25) is 4.98 Å². The summed E-state index contributed by atoms with van der Waals surface area (Å²) in [4.78, 5) is 8.01. The Hall–Kier alpha value is -1.45. The van der Waals surface area contributed by atoms with E-state index in [9.17, 15) is 0 Å². The number of hydrogen-bond donors (Lipinski definition) is 0. The maximum absolute atomic E-state index is 8.59. The second kappa shape index (κ2) is 4.20. The van der Waals surface area contributed by atoms with Gasteiger partial charge in [0.05, 0.1) is 11.8 Å². The van der Waals surface area contributed by atoms with Gasteiger partial charge in [-0.05, 0) is 0 Å². The number of rotatable bonds is 1. The summed E-state index contributed by atoms with van der Waals surface area (Å²) in [5, 5.41) is 8.59. The minimum atomic E-state index is -0.465. The molecule has 0 atom stereocenters. The zero-order valence-electron chi connectivity index (χ0n) is 9.30. The van der Waals surface area contributed by atoms with Crippen LogP contribution in [-0.4, -0.2) is 30.3 Å². The van der Waals surface area contributed by atoms with Crippen LogP contribution in [-0.2, 0) is 9.31 Å². The largest absolute Gasteiger partial charge is 0.515 e. The van der Waals surface area contributed by atoms with Crippen molar-refractivity contribution in [3.63, 3.8) is 0 Å². The van der Waals surface area contributed by atoms with E-state index in [2.05, 4.69) is 23.8 Å². The van der Waals surface area contributed by atoms with Crippen molar-refractivity contribution in [3.8, 4) is 6.07 Å². The Balaban J connectivity index is 2.06. The first kappa shape index (κ1) is 11.1. The van der Waals surface area contributed by atoms with E-state index in [0.717, 1.165) is 0 Å². The van der Waals surface area contributed by atoms with Crippen molar-refractivity contribution >= 4 is 12.7 Å². The Kier molecular flexibility index (Phi) is 2.90. The third kappa shape index (κ3) is 2.38. The number of nitriles is 1. The third-order valence-electron chi connectivity index (χ3n) is 2.28. The van der Waals surface area contributed by atoms with Crippen molar-refractivity contribution < 1.29 is 9.31 Å². The summed E-state index contributed by atoms with van der Waals surface area (Å²) in [5.41, 5.74) is 0.936. The van der Waals surface area contributed by atoms with Gasteiger partial charge in [0.15, 0.2) is 5.69 Å². The summed E-state index contributed by atoms with van der Waals surface area (Å²) >= 11 is 0. The van der Waals surface area contributed by atoms with Crippen molar-refractivity contribution in [2.24, 2.45) is 5.41 Å². The SMILES string of the molecule is CC1(C)COB(c2cnc(C#N)cn2)OC1. The van der Waals surface area contributed by atoms with Crippen molar-refractivity contribution in [3.05, 3.63) is 18.1 Å². The lowest BCUT2D eigenvalue weighted by molar-refractivity contribution is 0.0339. The zero-order valence-corrected chi connectivity index (χ0v) is 9.30. The van der Waals surface area contributed by atoms with Crippen LogP contribution in [0.2, 0.25) is 0 Å². The molecule has 0 aromatic carbocycles. The van der Waals surface area contributed by atoms with E-state index >= 15 is 0 Å². The molecular formula is C10H12BN3O2. The van der Waals surface area contributed by atoms with Gasteiger partial charge in [0.2, 0.25) is 0 Å². The average Bonchev–Trinajstić information content (AvgIpc) is 2.29. The summed E-state index contributed by atoms with van der Waals surface area (Å²) in [5.74, 6) is 0.